The first kappa shape index (κ1) is 11.7. The molecule has 0 saturated heterocycles. The quantitative estimate of drug-likeness (QED) is 0.572. The van der Waals surface area contributed by atoms with Gasteiger partial charge in [0, 0.05) is 0 Å². The van der Waals surface area contributed by atoms with Gasteiger partial charge in [0.15, 0.2) is 0 Å². The van der Waals surface area contributed by atoms with Gasteiger partial charge in [0.1, 0.15) is 0 Å². The number of hydrogen-bond acceptors (Lipinski definition) is 4. The number of nitrogens with zero attached hydrogens (tertiary/aromatic N) is 1. The van der Waals surface area contributed by atoms with Crippen LogP contribution in [0.25, 0.3) is 0 Å². The molecular weight excluding hydrogens is 224 g/mol. The molecular formula is C6H6CoNO3P. The van der Waals surface area contributed by atoms with Crippen LogP contribution in [0, 0.1) is 0 Å². The van der Waals surface area contributed by atoms with Crippen LogP contribution in [0.4, 0.5) is 0 Å². The van der Waals surface area contributed by atoms with E-state index in [1.807, 2.05) is 18.2 Å². The van der Waals surface area contributed by atoms with Crippen molar-refractivity contribution in [3.05, 3.63) is 30.1 Å². The van der Waals surface area contributed by atoms with E-state index in [-0.39, 0.29) is 0 Å². The summed E-state index contributed by atoms with van der Waals surface area (Å²) in [6.45, 7) is 0. The molecule has 6 heteroatoms. The molecule has 0 bridgehead atoms. The second kappa shape index (κ2) is 7.33. The summed E-state index contributed by atoms with van der Waals surface area (Å²) in [7, 11) is -3.63. The maximum atomic E-state index is 8.52. The van der Waals surface area contributed by atoms with Crippen LogP contribution in [0.2, 0.25) is 0 Å². The summed E-state index contributed by atoms with van der Waals surface area (Å²) in [6, 6.07) is 5.69. The molecule has 0 spiro atoms. The minimum absolute atomic E-state index is 0.896. The van der Waals surface area contributed by atoms with E-state index in [2.05, 4.69) is 20.3 Å². The first-order chi connectivity index (χ1) is 5.66. The van der Waals surface area contributed by atoms with Crippen LogP contribution in [-0.2, 0) is 19.9 Å². The van der Waals surface area contributed by atoms with Crippen molar-refractivity contribution < 1.29 is 29.7 Å². The van der Waals surface area contributed by atoms with Crippen LogP contribution in [0.1, 0.15) is 5.69 Å². The van der Waals surface area contributed by atoms with Crippen LogP contribution >= 0.6 is 8.25 Å². The molecule has 0 fully saturated rings. The van der Waals surface area contributed by atoms with Gasteiger partial charge in [-0.15, -0.1) is 0 Å². The second-order valence-electron chi connectivity index (χ2n) is 1.60. The van der Waals surface area contributed by atoms with Gasteiger partial charge in [0.05, 0.1) is 0 Å². The summed E-state index contributed by atoms with van der Waals surface area (Å²) in [5.41, 5.74) is 0.896. The Bertz CT molecular complexity index is 250. The fourth-order valence-electron chi connectivity index (χ4n) is 0.433. The van der Waals surface area contributed by atoms with Crippen LogP contribution in [0.5, 0.6) is 0 Å². The van der Waals surface area contributed by atoms with Gasteiger partial charge in [0.2, 0.25) is 0 Å². The molecule has 0 radical (unpaired) electrons. The van der Waals surface area contributed by atoms with Gasteiger partial charge in [-0.3, -0.25) is 0 Å². The van der Waals surface area contributed by atoms with E-state index in [4.69, 9.17) is 14.4 Å². The number of rotatable bonds is 1. The average Bonchev–Trinajstić information content (AvgIpc) is 2.05. The van der Waals surface area contributed by atoms with Crippen molar-refractivity contribution in [3.8, 4) is 0 Å². The predicted octanol–water partition coefficient (Wildman–Crippen LogP) is -1.12. The van der Waals surface area contributed by atoms with Gasteiger partial charge in [0.25, 0.3) is 0 Å². The zero-order chi connectivity index (χ0) is 9.40. The first-order valence-corrected chi connectivity index (χ1v) is 4.69. The Labute approximate surface area is 78.4 Å². The third-order valence-corrected chi connectivity index (χ3v) is 1.09. The SMILES string of the molecule is O=[PH]([O-])[O-].[Co+2]=[CH]c1ccccn1. The van der Waals surface area contributed by atoms with Gasteiger partial charge in [-0.2, -0.15) is 0 Å². The molecule has 1 heterocycles. The Hall–Kier alpha value is -0.324. The molecule has 67 valence electrons. The van der Waals surface area contributed by atoms with Gasteiger partial charge >= 0.3 is 55.3 Å². The van der Waals surface area contributed by atoms with Crippen molar-refractivity contribution in [2.24, 2.45) is 0 Å². The standard InChI is InChI=1S/C6H5N.Co.H3O3P/c1-6-4-2-3-5-7-6;;1-4(2)3/h1-5H;;4H,(H2,1,2,3)/q;+2;/p-2. The Kier molecular flexibility index (Phi) is 7.13. The van der Waals surface area contributed by atoms with E-state index in [0.717, 1.165) is 5.69 Å². The van der Waals surface area contributed by atoms with Crippen molar-refractivity contribution in [1.29, 1.82) is 0 Å². The molecule has 0 saturated carbocycles. The summed E-state index contributed by atoms with van der Waals surface area (Å²) in [6.07, 6.45) is 1.74. The minimum atomic E-state index is -3.63. The van der Waals surface area contributed by atoms with E-state index in [0.29, 0.717) is 0 Å². The molecule has 0 aliphatic rings. The van der Waals surface area contributed by atoms with Crippen molar-refractivity contribution in [3.63, 3.8) is 0 Å². The molecule has 0 aromatic carbocycles. The molecule has 0 N–H and O–H groups in total. The number of hydrogen-bond donors (Lipinski definition) is 0. The van der Waals surface area contributed by atoms with Gasteiger partial charge < -0.3 is 14.4 Å². The Morgan fingerprint density at radius 3 is 2.33 bits per heavy atom. The van der Waals surface area contributed by atoms with Crippen molar-refractivity contribution in [2.45, 2.75) is 0 Å². The van der Waals surface area contributed by atoms with Gasteiger partial charge in [-0.25, -0.2) is 0 Å². The molecule has 0 aliphatic heterocycles. The van der Waals surface area contributed by atoms with Gasteiger partial charge in [-0.05, 0) is 0 Å². The number of pyridine rings is 1. The van der Waals surface area contributed by atoms with E-state index < -0.39 is 8.25 Å². The summed E-state index contributed by atoms with van der Waals surface area (Å²) < 4.78 is 8.52. The first-order valence-electron chi connectivity index (χ1n) is 2.86. The van der Waals surface area contributed by atoms with Crippen LogP contribution < -0.4 is 9.79 Å². The van der Waals surface area contributed by atoms with Gasteiger partial charge in [-0.1, -0.05) is 8.25 Å². The molecule has 1 aromatic rings. The van der Waals surface area contributed by atoms with Crippen molar-refractivity contribution >= 4 is 13.2 Å². The van der Waals surface area contributed by atoms with Crippen LogP contribution in [0.15, 0.2) is 24.4 Å². The summed E-state index contributed by atoms with van der Waals surface area (Å²) in [5, 5.41) is 0. The molecule has 0 amide bonds. The van der Waals surface area contributed by atoms with E-state index in [1.54, 1.807) is 11.2 Å². The Morgan fingerprint density at radius 1 is 1.50 bits per heavy atom. The zero-order valence-corrected chi connectivity index (χ0v) is 7.93. The maximum absolute atomic E-state index is 8.52. The van der Waals surface area contributed by atoms with E-state index >= 15 is 0 Å². The predicted molar refractivity (Wildman–Crippen MR) is 38.4 cm³/mol. The molecule has 12 heavy (non-hydrogen) atoms. The second-order valence-corrected chi connectivity index (χ2v) is 2.40. The topological polar surface area (TPSA) is 76.1 Å². The third-order valence-electron chi connectivity index (χ3n) is 0.786. The van der Waals surface area contributed by atoms with E-state index in [9.17, 15) is 0 Å². The fourth-order valence-corrected chi connectivity index (χ4v) is 0.611. The third kappa shape index (κ3) is 7.78. The van der Waals surface area contributed by atoms with Crippen molar-refractivity contribution in [1.82, 2.24) is 4.98 Å². The van der Waals surface area contributed by atoms with Crippen LogP contribution in [-0.4, -0.2) is 9.94 Å². The van der Waals surface area contributed by atoms with Crippen LogP contribution in [0.3, 0.4) is 0 Å². The molecule has 1 aromatic heterocycles. The normalized spacial score (nSPS) is 8.58. The summed E-state index contributed by atoms with van der Waals surface area (Å²) in [5.74, 6) is 0. The monoisotopic (exact) mass is 230 g/mol. The zero-order valence-electron chi connectivity index (χ0n) is 5.89. The molecule has 0 aliphatic carbocycles. The van der Waals surface area contributed by atoms with E-state index in [1.165, 1.54) is 0 Å². The Morgan fingerprint density at radius 2 is 2.08 bits per heavy atom. The fraction of sp³-hybridized carbons (Fsp3) is 0. The summed E-state index contributed by atoms with van der Waals surface area (Å²) >= 11 is 3.97. The number of aromatic nitrogens is 1. The molecule has 1 rings (SSSR count). The molecule has 0 atom stereocenters. The van der Waals surface area contributed by atoms with Crippen molar-refractivity contribution in [2.75, 3.05) is 0 Å². The molecule has 4 nitrogen and oxygen atoms in total. The molecule has 0 unspecified atom stereocenters. The average molecular weight is 230 g/mol. The summed E-state index contributed by atoms with van der Waals surface area (Å²) in [4.78, 5) is 22.7. The Balaban J connectivity index is 0.000000261.